The maximum Gasteiger partial charge on any atom is 0.213 e. The molecular formula is C21H18N8O2. The molecule has 0 saturated carbocycles. The Hall–Kier alpha value is -4.47. The Kier molecular flexibility index (Phi) is 4.64. The number of hydrogen-bond acceptors (Lipinski definition) is 8. The lowest BCUT2D eigenvalue weighted by atomic mass is 10.1. The second-order valence-corrected chi connectivity index (χ2v) is 6.60. The van der Waals surface area contributed by atoms with Crippen LogP contribution in [0.2, 0.25) is 0 Å². The van der Waals surface area contributed by atoms with Crippen LogP contribution in [0.1, 0.15) is 0 Å². The fraction of sp³-hybridized carbons (Fsp3) is 0.0952. The lowest BCUT2D eigenvalue weighted by molar-refractivity contribution is 0.355. The fourth-order valence-corrected chi connectivity index (χ4v) is 3.34. The van der Waals surface area contributed by atoms with E-state index in [9.17, 15) is 0 Å². The summed E-state index contributed by atoms with van der Waals surface area (Å²) in [5.41, 5.74) is 3.94. The zero-order valence-electron chi connectivity index (χ0n) is 16.8. The first-order valence-corrected chi connectivity index (χ1v) is 9.43. The fourth-order valence-electron chi connectivity index (χ4n) is 3.34. The third-order valence-corrected chi connectivity index (χ3v) is 4.83. The van der Waals surface area contributed by atoms with Gasteiger partial charge < -0.3 is 14.8 Å². The highest BCUT2D eigenvalue weighted by molar-refractivity contribution is 5.77. The first kappa shape index (κ1) is 18.6. The molecule has 0 saturated heterocycles. The molecule has 0 aliphatic heterocycles. The van der Waals surface area contributed by atoms with Crippen molar-refractivity contribution in [3.05, 3.63) is 60.9 Å². The van der Waals surface area contributed by atoms with Crippen LogP contribution in [0.3, 0.4) is 0 Å². The van der Waals surface area contributed by atoms with Gasteiger partial charge in [0.15, 0.2) is 11.5 Å². The highest BCUT2D eigenvalue weighted by atomic mass is 16.5. The average Bonchev–Trinajstić information content (AvgIpc) is 3.51. The molecule has 5 aromatic rings. The number of para-hydroxylation sites is 1. The zero-order valence-corrected chi connectivity index (χ0v) is 16.8. The van der Waals surface area contributed by atoms with E-state index in [1.54, 1.807) is 20.4 Å². The number of H-pyrrole nitrogens is 1. The molecule has 3 heterocycles. The number of fused-ring (bicyclic) bond motifs is 1. The Bertz CT molecular complexity index is 1350. The van der Waals surface area contributed by atoms with Gasteiger partial charge in [0.05, 0.1) is 25.6 Å². The minimum absolute atomic E-state index is 0.487. The van der Waals surface area contributed by atoms with E-state index in [-0.39, 0.29) is 0 Å². The predicted octanol–water partition coefficient (Wildman–Crippen LogP) is 3.34. The third kappa shape index (κ3) is 3.39. The number of methoxy groups -OCH3 is 2. The summed E-state index contributed by atoms with van der Waals surface area (Å²) in [5.74, 6) is 2.36. The summed E-state index contributed by atoms with van der Waals surface area (Å²) in [5, 5.41) is 17.7. The van der Waals surface area contributed by atoms with Crippen molar-refractivity contribution >= 4 is 17.3 Å². The smallest absolute Gasteiger partial charge is 0.213 e. The summed E-state index contributed by atoms with van der Waals surface area (Å²) >= 11 is 0. The minimum Gasteiger partial charge on any atom is -0.493 e. The summed E-state index contributed by atoms with van der Waals surface area (Å²) in [6.07, 6.45) is 3.58. The van der Waals surface area contributed by atoms with E-state index in [2.05, 4.69) is 30.9 Å². The largest absolute Gasteiger partial charge is 0.493 e. The molecule has 0 aliphatic rings. The number of nitrogens with one attached hydrogen (secondary N) is 2. The number of tetrazole rings is 1. The van der Waals surface area contributed by atoms with Crippen LogP contribution >= 0.6 is 0 Å². The van der Waals surface area contributed by atoms with E-state index in [0.717, 1.165) is 28.2 Å². The number of hydrogen-bond donors (Lipinski definition) is 2. The van der Waals surface area contributed by atoms with Crippen molar-refractivity contribution in [3.8, 4) is 34.1 Å². The van der Waals surface area contributed by atoms with Crippen molar-refractivity contribution in [2.75, 3.05) is 19.5 Å². The van der Waals surface area contributed by atoms with Crippen LogP contribution in [0.4, 0.5) is 11.6 Å². The third-order valence-electron chi connectivity index (χ3n) is 4.83. The number of aromatic amines is 1. The topological polar surface area (TPSA) is 115 Å². The normalized spacial score (nSPS) is 10.9. The van der Waals surface area contributed by atoms with Crippen molar-refractivity contribution in [1.29, 1.82) is 0 Å². The molecule has 31 heavy (non-hydrogen) atoms. The van der Waals surface area contributed by atoms with Gasteiger partial charge in [0.25, 0.3) is 0 Å². The van der Waals surface area contributed by atoms with Crippen molar-refractivity contribution in [2.24, 2.45) is 0 Å². The Morgan fingerprint density at radius 1 is 1.00 bits per heavy atom. The van der Waals surface area contributed by atoms with Crippen molar-refractivity contribution < 1.29 is 9.47 Å². The van der Waals surface area contributed by atoms with Crippen LogP contribution in [0, 0.1) is 0 Å². The summed E-state index contributed by atoms with van der Waals surface area (Å²) < 4.78 is 12.7. The molecule has 0 unspecified atom stereocenters. The predicted molar refractivity (Wildman–Crippen MR) is 114 cm³/mol. The molecule has 0 fully saturated rings. The molecule has 0 atom stereocenters. The van der Waals surface area contributed by atoms with Crippen LogP contribution in [0.5, 0.6) is 11.5 Å². The van der Waals surface area contributed by atoms with Gasteiger partial charge in [0.1, 0.15) is 5.65 Å². The number of imidazole rings is 1. The van der Waals surface area contributed by atoms with Crippen molar-refractivity contribution in [2.45, 2.75) is 0 Å². The molecule has 2 N–H and O–H groups in total. The van der Waals surface area contributed by atoms with Crippen LogP contribution in [0.25, 0.3) is 28.3 Å². The van der Waals surface area contributed by atoms with Gasteiger partial charge in [0, 0.05) is 29.6 Å². The van der Waals surface area contributed by atoms with Gasteiger partial charge in [-0.15, -0.1) is 10.2 Å². The van der Waals surface area contributed by atoms with E-state index in [0.29, 0.717) is 23.3 Å². The van der Waals surface area contributed by atoms with Gasteiger partial charge in [-0.25, -0.2) is 9.97 Å². The second-order valence-electron chi connectivity index (χ2n) is 6.60. The molecule has 2 aromatic carbocycles. The molecule has 0 bridgehead atoms. The summed E-state index contributed by atoms with van der Waals surface area (Å²) in [7, 11) is 3.21. The van der Waals surface area contributed by atoms with Gasteiger partial charge in [-0.3, -0.25) is 4.40 Å². The van der Waals surface area contributed by atoms with Crippen LogP contribution in [0.15, 0.2) is 60.9 Å². The van der Waals surface area contributed by atoms with E-state index in [1.165, 1.54) is 0 Å². The van der Waals surface area contributed by atoms with Crippen molar-refractivity contribution in [3.63, 3.8) is 0 Å². The van der Waals surface area contributed by atoms with Gasteiger partial charge in [-0.05, 0) is 35.5 Å². The average molecular weight is 414 g/mol. The first-order valence-electron chi connectivity index (χ1n) is 9.43. The number of benzene rings is 2. The number of aromatic nitrogens is 7. The summed E-state index contributed by atoms with van der Waals surface area (Å²) in [6, 6.07) is 15.3. The van der Waals surface area contributed by atoms with E-state index >= 15 is 0 Å². The molecule has 10 heteroatoms. The van der Waals surface area contributed by atoms with E-state index < -0.39 is 0 Å². The zero-order chi connectivity index (χ0) is 21.2. The van der Waals surface area contributed by atoms with Gasteiger partial charge in [-0.2, -0.15) is 5.21 Å². The first-order chi connectivity index (χ1) is 15.3. The highest BCUT2D eigenvalue weighted by Gasteiger charge is 2.14. The molecular weight excluding hydrogens is 396 g/mol. The number of ether oxygens (including phenoxy) is 2. The van der Waals surface area contributed by atoms with Gasteiger partial charge in [0.2, 0.25) is 11.8 Å². The molecule has 5 rings (SSSR count). The number of anilines is 2. The van der Waals surface area contributed by atoms with Gasteiger partial charge in [-0.1, -0.05) is 12.1 Å². The Morgan fingerprint density at radius 2 is 1.87 bits per heavy atom. The van der Waals surface area contributed by atoms with Crippen LogP contribution < -0.4 is 14.8 Å². The molecule has 0 amide bonds. The Morgan fingerprint density at radius 3 is 2.68 bits per heavy atom. The molecule has 10 nitrogen and oxygen atoms in total. The Balaban J connectivity index is 1.61. The Labute approximate surface area is 176 Å². The van der Waals surface area contributed by atoms with Crippen LogP contribution in [-0.2, 0) is 0 Å². The molecule has 0 radical (unpaired) electrons. The quantitative estimate of drug-likeness (QED) is 0.435. The SMILES string of the molecule is COc1ccc(-c2cc3nccn3c(Nc3ccccc3-c3nn[nH]n3)n2)cc1OC. The second kappa shape index (κ2) is 7.75. The molecule has 0 aliphatic carbocycles. The monoisotopic (exact) mass is 414 g/mol. The standard InChI is InChI=1S/C21H18N8O2/c1-30-17-8-7-13(11-18(17)31-2)16-12-19-22-9-10-29(19)21(24-16)23-15-6-4-3-5-14(15)20-25-27-28-26-20/h3-12H,1-2H3,(H,23,24)(H,25,26,27,28). The lowest BCUT2D eigenvalue weighted by Crippen LogP contribution is -2.04. The van der Waals surface area contributed by atoms with Crippen LogP contribution in [-0.4, -0.2) is 49.2 Å². The molecule has 3 aromatic heterocycles. The lowest BCUT2D eigenvalue weighted by Gasteiger charge is -2.13. The van der Waals surface area contributed by atoms with E-state index in [1.807, 2.05) is 59.1 Å². The minimum atomic E-state index is 0.487. The summed E-state index contributed by atoms with van der Waals surface area (Å²) in [6.45, 7) is 0. The van der Waals surface area contributed by atoms with Gasteiger partial charge >= 0.3 is 0 Å². The highest BCUT2D eigenvalue weighted by Crippen LogP contribution is 2.33. The molecule has 154 valence electrons. The summed E-state index contributed by atoms with van der Waals surface area (Å²) in [4.78, 5) is 9.29. The maximum atomic E-state index is 5.44. The maximum absolute atomic E-state index is 5.44. The van der Waals surface area contributed by atoms with Crippen molar-refractivity contribution in [1.82, 2.24) is 35.0 Å². The number of rotatable bonds is 6. The van der Waals surface area contributed by atoms with E-state index in [4.69, 9.17) is 14.5 Å². The molecule has 0 spiro atoms. The number of nitrogens with zero attached hydrogens (tertiary/aromatic N) is 6.